The molecule has 2 aromatic rings. The lowest BCUT2D eigenvalue weighted by Gasteiger charge is -2.01. The summed E-state index contributed by atoms with van der Waals surface area (Å²) in [6.45, 7) is 1.84. The molecular formula is C9H7BrN2O2. The van der Waals surface area contributed by atoms with Gasteiger partial charge in [0.15, 0.2) is 0 Å². The maximum atomic E-state index is 11.5. The molecule has 4 nitrogen and oxygen atoms in total. The van der Waals surface area contributed by atoms with E-state index >= 15 is 0 Å². The fraction of sp³-hybridized carbons (Fsp3) is 0.111. The molecular weight excluding hydrogens is 248 g/mol. The molecule has 0 aliphatic heterocycles. The lowest BCUT2D eigenvalue weighted by molar-refractivity contribution is 1.07. The predicted molar refractivity (Wildman–Crippen MR) is 57.6 cm³/mol. The van der Waals surface area contributed by atoms with Gasteiger partial charge >= 0.3 is 5.69 Å². The van der Waals surface area contributed by atoms with Crippen molar-refractivity contribution in [3.05, 3.63) is 43.0 Å². The number of rotatable bonds is 0. The molecule has 72 valence electrons. The van der Waals surface area contributed by atoms with Gasteiger partial charge in [0.05, 0.1) is 10.9 Å². The molecule has 1 aromatic heterocycles. The van der Waals surface area contributed by atoms with Crippen LogP contribution >= 0.6 is 15.9 Å². The van der Waals surface area contributed by atoms with Crippen LogP contribution in [0.5, 0.6) is 0 Å². The highest BCUT2D eigenvalue weighted by Crippen LogP contribution is 2.20. The minimum absolute atomic E-state index is 0.376. The van der Waals surface area contributed by atoms with Gasteiger partial charge in [-0.05, 0) is 34.5 Å². The lowest BCUT2D eigenvalue weighted by Crippen LogP contribution is -2.22. The largest absolute Gasteiger partial charge is 0.326 e. The van der Waals surface area contributed by atoms with Crippen molar-refractivity contribution in [3.8, 4) is 0 Å². The van der Waals surface area contributed by atoms with Gasteiger partial charge < -0.3 is 4.98 Å². The van der Waals surface area contributed by atoms with Gasteiger partial charge in [0, 0.05) is 4.47 Å². The first-order valence-corrected chi connectivity index (χ1v) is 4.80. The Bertz CT molecular complexity index is 612. The number of benzene rings is 1. The molecule has 5 heteroatoms. The van der Waals surface area contributed by atoms with Gasteiger partial charge in [0.1, 0.15) is 0 Å². The molecule has 1 aromatic carbocycles. The number of hydrogen-bond acceptors (Lipinski definition) is 2. The van der Waals surface area contributed by atoms with Crippen molar-refractivity contribution in [2.45, 2.75) is 6.92 Å². The number of halogens is 1. The molecule has 0 saturated heterocycles. The summed E-state index contributed by atoms with van der Waals surface area (Å²) >= 11 is 3.26. The Morgan fingerprint density at radius 2 is 1.93 bits per heavy atom. The first-order valence-electron chi connectivity index (χ1n) is 4.01. The van der Waals surface area contributed by atoms with Crippen LogP contribution in [-0.4, -0.2) is 9.97 Å². The number of aryl methyl sites for hydroxylation is 1. The lowest BCUT2D eigenvalue weighted by atomic mass is 10.1. The van der Waals surface area contributed by atoms with Crippen LogP contribution < -0.4 is 11.2 Å². The zero-order valence-electron chi connectivity index (χ0n) is 7.35. The number of H-pyrrole nitrogens is 2. The van der Waals surface area contributed by atoms with E-state index in [1.807, 2.05) is 13.0 Å². The third-order valence-electron chi connectivity index (χ3n) is 2.06. The van der Waals surface area contributed by atoms with Crippen molar-refractivity contribution in [3.63, 3.8) is 0 Å². The Morgan fingerprint density at radius 3 is 2.64 bits per heavy atom. The van der Waals surface area contributed by atoms with Crippen molar-refractivity contribution >= 4 is 26.8 Å². The van der Waals surface area contributed by atoms with E-state index in [0.29, 0.717) is 15.4 Å². The van der Waals surface area contributed by atoms with Crippen LogP contribution in [0, 0.1) is 6.92 Å². The molecule has 0 radical (unpaired) electrons. The minimum Gasteiger partial charge on any atom is -0.307 e. The third-order valence-corrected chi connectivity index (χ3v) is 2.72. The van der Waals surface area contributed by atoms with Crippen LogP contribution in [0.25, 0.3) is 10.9 Å². The Labute approximate surface area is 87.1 Å². The second kappa shape index (κ2) is 3.09. The first kappa shape index (κ1) is 9.21. The van der Waals surface area contributed by atoms with Gasteiger partial charge in [-0.2, -0.15) is 0 Å². The highest BCUT2D eigenvalue weighted by Gasteiger charge is 2.06. The Morgan fingerprint density at radius 1 is 1.21 bits per heavy atom. The van der Waals surface area contributed by atoms with Crippen molar-refractivity contribution in [2.24, 2.45) is 0 Å². The normalized spacial score (nSPS) is 10.7. The monoisotopic (exact) mass is 254 g/mol. The number of fused-ring (bicyclic) bond motifs is 1. The van der Waals surface area contributed by atoms with Gasteiger partial charge in [-0.3, -0.25) is 9.78 Å². The van der Waals surface area contributed by atoms with E-state index in [1.165, 1.54) is 0 Å². The average Bonchev–Trinajstić information content (AvgIpc) is 2.10. The topological polar surface area (TPSA) is 65.7 Å². The van der Waals surface area contributed by atoms with Gasteiger partial charge in [0.25, 0.3) is 5.56 Å². The van der Waals surface area contributed by atoms with Crippen LogP contribution in [0.3, 0.4) is 0 Å². The molecule has 0 bridgehead atoms. The summed E-state index contributed by atoms with van der Waals surface area (Å²) in [7, 11) is 0. The predicted octanol–water partition coefficient (Wildman–Crippen LogP) is 1.29. The van der Waals surface area contributed by atoms with Crippen molar-refractivity contribution in [1.29, 1.82) is 0 Å². The van der Waals surface area contributed by atoms with E-state index in [-0.39, 0.29) is 5.56 Å². The SMILES string of the molecule is Cc1ccc(Br)c2c(=O)[nH]c(=O)[nH]c12. The van der Waals surface area contributed by atoms with Crippen LogP contribution in [-0.2, 0) is 0 Å². The molecule has 2 N–H and O–H groups in total. The molecule has 2 rings (SSSR count). The Kier molecular flexibility index (Phi) is 2.03. The van der Waals surface area contributed by atoms with E-state index in [4.69, 9.17) is 0 Å². The second-order valence-corrected chi connectivity index (χ2v) is 3.88. The van der Waals surface area contributed by atoms with Crippen LogP contribution in [0.4, 0.5) is 0 Å². The summed E-state index contributed by atoms with van der Waals surface area (Å²) in [5.41, 5.74) is 0.586. The number of hydrogen-bond donors (Lipinski definition) is 2. The fourth-order valence-corrected chi connectivity index (χ4v) is 1.89. The molecule has 1 heterocycles. The summed E-state index contributed by atoms with van der Waals surface area (Å²) in [6, 6.07) is 3.62. The molecule has 0 amide bonds. The molecule has 0 aliphatic carbocycles. The summed E-state index contributed by atoms with van der Waals surface area (Å²) in [6.07, 6.45) is 0. The smallest absolute Gasteiger partial charge is 0.307 e. The quantitative estimate of drug-likeness (QED) is 0.744. The van der Waals surface area contributed by atoms with Gasteiger partial charge in [-0.25, -0.2) is 4.79 Å². The maximum absolute atomic E-state index is 11.5. The molecule has 0 fully saturated rings. The van der Waals surface area contributed by atoms with Gasteiger partial charge in [-0.1, -0.05) is 6.07 Å². The second-order valence-electron chi connectivity index (χ2n) is 3.02. The van der Waals surface area contributed by atoms with E-state index in [1.54, 1.807) is 6.07 Å². The Hall–Kier alpha value is -1.36. The number of aromatic nitrogens is 2. The fourth-order valence-electron chi connectivity index (χ4n) is 1.37. The zero-order chi connectivity index (χ0) is 10.3. The third kappa shape index (κ3) is 1.29. The van der Waals surface area contributed by atoms with E-state index < -0.39 is 5.69 Å². The molecule has 0 aliphatic rings. The number of aromatic amines is 2. The molecule has 0 saturated carbocycles. The van der Waals surface area contributed by atoms with Crippen molar-refractivity contribution in [1.82, 2.24) is 9.97 Å². The van der Waals surface area contributed by atoms with E-state index in [2.05, 4.69) is 25.9 Å². The van der Waals surface area contributed by atoms with E-state index in [0.717, 1.165) is 5.56 Å². The number of nitrogens with one attached hydrogen (secondary N) is 2. The van der Waals surface area contributed by atoms with Crippen molar-refractivity contribution < 1.29 is 0 Å². The van der Waals surface area contributed by atoms with Crippen LogP contribution in [0.15, 0.2) is 26.2 Å². The maximum Gasteiger partial charge on any atom is 0.326 e. The minimum atomic E-state index is -0.483. The highest BCUT2D eigenvalue weighted by atomic mass is 79.9. The Balaban J connectivity index is 3.16. The average molecular weight is 255 g/mol. The molecule has 0 unspecified atom stereocenters. The molecule has 0 spiro atoms. The summed E-state index contributed by atoms with van der Waals surface area (Å²) in [4.78, 5) is 27.3. The summed E-state index contributed by atoms with van der Waals surface area (Å²) < 4.78 is 0.676. The molecule has 0 atom stereocenters. The van der Waals surface area contributed by atoms with Crippen LogP contribution in [0.2, 0.25) is 0 Å². The summed E-state index contributed by atoms with van der Waals surface area (Å²) in [5.74, 6) is 0. The van der Waals surface area contributed by atoms with Crippen LogP contribution in [0.1, 0.15) is 5.56 Å². The van der Waals surface area contributed by atoms with Crippen molar-refractivity contribution in [2.75, 3.05) is 0 Å². The summed E-state index contributed by atoms with van der Waals surface area (Å²) in [5, 5.41) is 0.476. The van der Waals surface area contributed by atoms with E-state index in [9.17, 15) is 9.59 Å². The standard InChI is InChI=1S/C9H7BrN2O2/c1-4-2-3-5(10)6-7(4)11-9(14)12-8(6)13/h2-3H,1H3,(H2,11,12,13,14). The van der Waals surface area contributed by atoms with Gasteiger partial charge in [0.2, 0.25) is 0 Å². The zero-order valence-corrected chi connectivity index (χ0v) is 8.94. The van der Waals surface area contributed by atoms with Gasteiger partial charge in [-0.15, -0.1) is 0 Å². The first-order chi connectivity index (χ1) is 6.59. The highest BCUT2D eigenvalue weighted by molar-refractivity contribution is 9.10. The molecule has 14 heavy (non-hydrogen) atoms.